The number of aliphatic carboxylic acids is 2. The van der Waals surface area contributed by atoms with E-state index in [0.717, 1.165) is 0 Å². The first kappa shape index (κ1) is 20.7. The fourth-order valence-electron chi connectivity index (χ4n) is 0.845. The highest BCUT2D eigenvalue weighted by atomic mass is 16.4. The Hall–Kier alpha value is -2.62. The predicted octanol–water partition coefficient (Wildman–Crippen LogP) is 3.93. The molecule has 1 aromatic carbocycles. The Bertz CT molecular complexity index is 476. The maximum atomic E-state index is 9.55. The molecule has 0 saturated carbocycles. The van der Waals surface area contributed by atoms with E-state index in [9.17, 15) is 9.59 Å². The Morgan fingerprint density at radius 3 is 1.57 bits per heavy atom. The van der Waals surface area contributed by atoms with E-state index in [-0.39, 0.29) is 0 Å². The van der Waals surface area contributed by atoms with Crippen LogP contribution in [0.15, 0.2) is 55.1 Å². The first-order valence-corrected chi connectivity index (χ1v) is 6.14. The number of carboxylic acid groups (broad SMARTS) is 2. The number of hydrogen-bond acceptors (Lipinski definition) is 2. The maximum absolute atomic E-state index is 9.55. The Balaban J connectivity index is 0. The molecule has 0 bridgehead atoms. The molecule has 0 aromatic heterocycles. The van der Waals surface area contributed by atoms with E-state index >= 15 is 0 Å². The summed E-state index contributed by atoms with van der Waals surface area (Å²) in [5.41, 5.74) is 3.64. The topological polar surface area (TPSA) is 74.6 Å². The van der Waals surface area contributed by atoms with Crippen molar-refractivity contribution in [3.63, 3.8) is 0 Å². The molecule has 1 aromatic rings. The number of allylic oxidation sites excluding steroid dienone is 1. The lowest BCUT2D eigenvalue weighted by Gasteiger charge is -1.91. The number of aryl methyl sites for hydroxylation is 1. The summed E-state index contributed by atoms with van der Waals surface area (Å²) in [7, 11) is 0. The van der Waals surface area contributed by atoms with Gasteiger partial charge in [0.25, 0.3) is 0 Å². The molecular formula is C17H22O4. The zero-order valence-electron chi connectivity index (χ0n) is 12.7. The highest BCUT2D eigenvalue weighted by Gasteiger charge is 1.88. The Morgan fingerprint density at radius 2 is 1.33 bits per heavy atom. The van der Waals surface area contributed by atoms with Gasteiger partial charge in [-0.2, -0.15) is 0 Å². The Morgan fingerprint density at radius 1 is 1.00 bits per heavy atom. The molecule has 0 aliphatic carbocycles. The second-order valence-electron chi connectivity index (χ2n) is 4.33. The summed E-state index contributed by atoms with van der Waals surface area (Å²) >= 11 is 0. The van der Waals surface area contributed by atoms with Gasteiger partial charge < -0.3 is 10.2 Å². The number of benzene rings is 1. The smallest absolute Gasteiger partial charge is 0.328 e. The van der Waals surface area contributed by atoms with Gasteiger partial charge in [-0.15, -0.1) is 6.58 Å². The standard InChI is InChI=1S/C9H10.C4H4O4.C4H8/c1-3-9-6-4-8(2)5-7-9;5-3(6)1-2-4(7)8;1-4(2)3/h3-7H,1H2,2H3;1-2H,(H,5,6)(H,7,8);1H2,2-3H3/b;2-1-;. The highest BCUT2D eigenvalue weighted by Crippen LogP contribution is 2.02. The molecule has 2 N–H and O–H groups in total. The molecule has 0 heterocycles. The van der Waals surface area contributed by atoms with Crippen molar-refractivity contribution in [1.29, 1.82) is 0 Å². The zero-order chi connectivity index (χ0) is 16.8. The molecule has 0 unspecified atom stereocenters. The zero-order valence-corrected chi connectivity index (χ0v) is 12.7. The SMILES string of the molecule is C=C(C)C.C=Cc1ccc(C)cc1.O=C(O)/C=C\C(=O)O. The van der Waals surface area contributed by atoms with Crippen LogP contribution in [0.5, 0.6) is 0 Å². The summed E-state index contributed by atoms with van der Waals surface area (Å²) in [6, 6.07) is 8.28. The van der Waals surface area contributed by atoms with Gasteiger partial charge in [0.05, 0.1) is 0 Å². The van der Waals surface area contributed by atoms with Crippen molar-refractivity contribution in [2.75, 3.05) is 0 Å². The van der Waals surface area contributed by atoms with Gasteiger partial charge in [0.1, 0.15) is 0 Å². The van der Waals surface area contributed by atoms with E-state index in [1.165, 1.54) is 16.7 Å². The quantitative estimate of drug-likeness (QED) is 0.653. The van der Waals surface area contributed by atoms with Crippen LogP contribution in [0.2, 0.25) is 0 Å². The molecule has 1 rings (SSSR count). The van der Waals surface area contributed by atoms with Gasteiger partial charge in [0, 0.05) is 12.2 Å². The van der Waals surface area contributed by atoms with Gasteiger partial charge in [0.15, 0.2) is 0 Å². The highest BCUT2D eigenvalue weighted by molar-refractivity contribution is 5.89. The third-order valence-corrected chi connectivity index (χ3v) is 1.68. The fourth-order valence-corrected chi connectivity index (χ4v) is 0.845. The molecule has 0 aliphatic heterocycles. The van der Waals surface area contributed by atoms with Crippen LogP contribution in [0.4, 0.5) is 0 Å². The summed E-state index contributed by atoms with van der Waals surface area (Å²) in [6.07, 6.45) is 2.96. The van der Waals surface area contributed by atoms with Crippen molar-refractivity contribution in [3.05, 3.63) is 66.3 Å². The van der Waals surface area contributed by atoms with Crippen molar-refractivity contribution in [1.82, 2.24) is 0 Å². The van der Waals surface area contributed by atoms with Crippen LogP contribution in [0.3, 0.4) is 0 Å². The Labute approximate surface area is 125 Å². The predicted molar refractivity (Wildman–Crippen MR) is 86.2 cm³/mol. The van der Waals surface area contributed by atoms with Crippen LogP contribution in [0.25, 0.3) is 6.08 Å². The summed E-state index contributed by atoms with van der Waals surface area (Å²) in [5.74, 6) is -2.51. The molecule has 21 heavy (non-hydrogen) atoms. The van der Waals surface area contributed by atoms with Gasteiger partial charge in [-0.05, 0) is 26.3 Å². The van der Waals surface area contributed by atoms with E-state index in [4.69, 9.17) is 10.2 Å². The van der Waals surface area contributed by atoms with Crippen molar-refractivity contribution in [3.8, 4) is 0 Å². The number of hydrogen-bond donors (Lipinski definition) is 2. The molecule has 0 saturated heterocycles. The van der Waals surface area contributed by atoms with E-state index in [2.05, 4.69) is 44.3 Å². The number of carbonyl (C=O) groups is 2. The van der Waals surface area contributed by atoms with E-state index in [0.29, 0.717) is 12.2 Å². The molecule has 0 radical (unpaired) electrons. The molecule has 4 nitrogen and oxygen atoms in total. The Kier molecular flexibility index (Phi) is 12.2. The van der Waals surface area contributed by atoms with Gasteiger partial charge in [-0.3, -0.25) is 0 Å². The first-order valence-electron chi connectivity index (χ1n) is 6.14. The van der Waals surface area contributed by atoms with Gasteiger partial charge in [-0.25, -0.2) is 9.59 Å². The first-order chi connectivity index (χ1) is 9.68. The fraction of sp³-hybridized carbons (Fsp3) is 0.176. The lowest BCUT2D eigenvalue weighted by Crippen LogP contribution is -1.91. The minimum Gasteiger partial charge on any atom is -0.478 e. The van der Waals surface area contributed by atoms with Crippen LogP contribution in [0, 0.1) is 6.92 Å². The van der Waals surface area contributed by atoms with Gasteiger partial charge in [-0.1, -0.05) is 48.1 Å². The van der Waals surface area contributed by atoms with Crippen molar-refractivity contribution in [2.24, 2.45) is 0 Å². The summed E-state index contributed by atoms with van der Waals surface area (Å²) < 4.78 is 0. The largest absolute Gasteiger partial charge is 0.478 e. The average molecular weight is 290 g/mol. The molecule has 0 fully saturated rings. The maximum Gasteiger partial charge on any atom is 0.328 e. The van der Waals surface area contributed by atoms with E-state index < -0.39 is 11.9 Å². The molecule has 0 atom stereocenters. The second kappa shape index (κ2) is 12.4. The van der Waals surface area contributed by atoms with Crippen molar-refractivity contribution >= 4 is 18.0 Å². The second-order valence-corrected chi connectivity index (χ2v) is 4.33. The van der Waals surface area contributed by atoms with Crippen LogP contribution >= 0.6 is 0 Å². The molecule has 4 heteroatoms. The molecule has 0 aliphatic rings. The summed E-state index contributed by atoms with van der Waals surface area (Å²) in [6.45, 7) is 13.2. The van der Waals surface area contributed by atoms with E-state index in [1.807, 2.05) is 19.9 Å². The van der Waals surface area contributed by atoms with E-state index in [1.54, 1.807) is 0 Å². The summed E-state index contributed by atoms with van der Waals surface area (Å²) in [4.78, 5) is 19.1. The van der Waals surface area contributed by atoms with Crippen molar-refractivity contribution in [2.45, 2.75) is 20.8 Å². The molecular weight excluding hydrogens is 268 g/mol. The normalized spacial score (nSPS) is 8.71. The monoisotopic (exact) mass is 290 g/mol. The number of carboxylic acids is 2. The molecule has 0 spiro atoms. The molecule has 114 valence electrons. The summed E-state index contributed by atoms with van der Waals surface area (Å²) in [5, 5.41) is 15.6. The van der Waals surface area contributed by atoms with Crippen LogP contribution < -0.4 is 0 Å². The van der Waals surface area contributed by atoms with Gasteiger partial charge in [0.2, 0.25) is 0 Å². The minimum atomic E-state index is -1.26. The lowest BCUT2D eigenvalue weighted by atomic mass is 10.2. The van der Waals surface area contributed by atoms with Crippen molar-refractivity contribution < 1.29 is 19.8 Å². The average Bonchev–Trinajstić information content (AvgIpc) is 2.37. The van der Waals surface area contributed by atoms with Crippen LogP contribution in [-0.4, -0.2) is 22.2 Å². The van der Waals surface area contributed by atoms with Crippen LogP contribution in [-0.2, 0) is 9.59 Å². The minimum absolute atomic E-state index is 0.558. The lowest BCUT2D eigenvalue weighted by molar-refractivity contribution is -0.134. The van der Waals surface area contributed by atoms with Gasteiger partial charge >= 0.3 is 11.9 Å². The molecule has 0 amide bonds. The number of rotatable bonds is 3. The third kappa shape index (κ3) is 19.9. The van der Waals surface area contributed by atoms with Crippen LogP contribution in [0.1, 0.15) is 25.0 Å². The third-order valence-electron chi connectivity index (χ3n) is 1.68.